The van der Waals surface area contributed by atoms with Gasteiger partial charge in [0.2, 0.25) is 11.8 Å². The van der Waals surface area contributed by atoms with E-state index in [-0.39, 0.29) is 11.9 Å². The fourth-order valence-electron chi connectivity index (χ4n) is 4.19. The molecule has 7 heteroatoms. The van der Waals surface area contributed by atoms with Crippen molar-refractivity contribution in [1.82, 2.24) is 19.8 Å². The lowest BCUT2D eigenvalue weighted by molar-refractivity contribution is -0.135. The van der Waals surface area contributed by atoms with E-state index in [2.05, 4.69) is 31.9 Å². The molecule has 3 heterocycles. The third kappa shape index (κ3) is 3.56. The van der Waals surface area contributed by atoms with E-state index in [0.29, 0.717) is 5.88 Å². The second-order valence-electron chi connectivity index (χ2n) is 7.38. The van der Waals surface area contributed by atoms with Crippen LogP contribution in [0.4, 0.5) is 5.69 Å². The zero-order valence-electron chi connectivity index (χ0n) is 16.1. The number of hydrogen-bond donors (Lipinski definition) is 0. The molecular weight excluding hydrogens is 342 g/mol. The molecule has 1 unspecified atom stereocenters. The molecule has 2 aliphatic rings. The van der Waals surface area contributed by atoms with Gasteiger partial charge in [0.15, 0.2) is 0 Å². The van der Waals surface area contributed by atoms with Gasteiger partial charge in [0, 0.05) is 45.5 Å². The molecule has 1 atom stereocenters. The molecule has 1 amide bonds. The normalized spacial score (nSPS) is 22.1. The number of amides is 1. The van der Waals surface area contributed by atoms with Crippen molar-refractivity contribution in [2.45, 2.75) is 25.3 Å². The number of aromatic nitrogens is 2. The predicted molar refractivity (Wildman–Crippen MR) is 105 cm³/mol. The van der Waals surface area contributed by atoms with Crippen molar-refractivity contribution in [2.24, 2.45) is 0 Å². The Labute approximate surface area is 159 Å². The summed E-state index contributed by atoms with van der Waals surface area (Å²) in [5.74, 6) is 0.890. The van der Waals surface area contributed by atoms with E-state index < -0.39 is 0 Å². The van der Waals surface area contributed by atoms with Crippen molar-refractivity contribution in [2.75, 3.05) is 51.8 Å². The molecule has 144 valence electrons. The minimum atomic E-state index is 0.0461. The van der Waals surface area contributed by atoms with Gasteiger partial charge in [-0.1, -0.05) is 0 Å². The highest BCUT2D eigenvalue weighted by atomic mass is 16.5. The third-order valence-corrected chi connectivity index (χ3v) is 5.78. The SMILES string of the molecule is COc1ncnc2ccc(N3CCN(C4CCCCN(C)C4=O)CC3)cc12. The molecule has 4 rings (SSSR count). The smallest absolute Gasteiger partial charge is 0.239 e. The van der Waals surface area contributed by atoms with Gasteiger partial charge >= 0.3 is 0 Å². The Morgan fingerprint density at radius 3 is 2.67 bits per heavy atom. The number of likely N-dealkylation sites (tertiary alicyclic amines) is 1. The summed E-state index contributed by atoms with van der Waals surface area (Å²) in [5.41, 5.74) is 2.04. The van der Waals surface area contributed by atoms with E-state index >= 15 is 0 Å². The highest BCUT2D eigenvalue weighted by molar-refractivity contribution is 5.86. The van der Waals surface area contributed by atoms with Gasteiger partial charge in [0.1, 0.15) is 6.33 Å². The Morgan fingerprint density at radius 2 is 1.89 bits per heavy atom. The molecule has 0 N–H and O–H groups in total. The summed E-state index contributed by atoms with van der Waals surface area (Å²) in [5, 5.41) is 0.931. The van der Waals surface area contributed by atoms with Gasteiger partial charge in [0.25, 0.3) is 0 Å². The molecule has 2 aliphatic heterocycles. The summed E-state index contributed by atoms with van der Waals surface area (Å²) >= 11 is 0. The number of carbonyl (C=O) groups excluding carboxylic acids is 1. The number of rotatable bonds is 3. The Kier molecular flexibility index (Phi) is 5.11. The first-order chi connectivity index (χ1) is 13.2. The van der Waals surface area contributed by atoms with Gasteiger partial charge in [-0.2, -0.15) is 0 Å². The van der Waals surface area contributed by atoms with Crippen LogP contribution in [0.1, 0.15) is 19.3 Å². The monoisotopic (exact) mass is 369 g/mol. The van der Waals surface area contributed by atoms with E-state index in [0.717, 1.165) is 68.6 Å². The fourth-order valence-corrected chi connectivity index (χ4v) is 4.19. The van der Waals surface area contributed by atoms with Gasteiger partial charge in [-0.25, -0.2) is 9.97 Å². The minimum absolute atomic E-state index is 0.0461. The predicted octanol–water partition coefficient (Wildman–Crippen LogP) is 1.77. The van der Waals surface area contributed by atoms with Gasteiger partial charge in [-0.3, -0.25) is 9.69 Å². The topological polar surface area (TPSA) is 61.8 Å². The number of benzene rings is 1. The van der Waals surface area contributed by atoms with Crippen LogP contribution < -0.4 is 9.64 Å². The van der Waals surface area contributed by atoms with Crippen LogP contribution in [0.15, 0.2) is 24.5 Å². The van der Waals surface area contributed by atoms with Crippen molar-refractivity contribution >= 4 is 22.5 Å². The molecule has 0 radical (unpaired) electrons. The summed E-state index contributed by atoms with van der Waals surface area (Å²) in [4.78, 5) is 27.8. The summed E-state index contributed by atoms with van der Waals surface area (Å²) < 4.78 is 5.38. The lowest BCUT2D eigenvalue weighted by atomic mass is 10.1. The molecule has 1 aromatic carbocycles. The fraction of sp³-hybridized carbons (Fsp3) is 0.550. The lowest BCUT2D eigenvalue weighted by Gasteiger charge is -2.40. The maximum absolute atomic E-state index is 12.7. The van der Waals surface area contributed by atoms with Crippen LogP contribution in [0.25, 0.3) is 10.9 Å². The van der Waals surface area contributed by atoms with Crippen LogP contribution in [0, 0.1) is 0 Å². The van der Waals surface area contributed by atoms with Crippen LogP contribution in [0.5, 0.6) is 5.88 Å². The summed E-state index contributed by atoms with van der Waals surface area (Å²) in [6.45, 7) is 4.52. The minimum Gasteiger partial charge on any atom is -0.480 e. The highest BCUT2D eigenvalue weighted by Crippen LogP contribution is 2.27. The number of nitrogens with zero attached hydrogens (tertiary/aromatic N) is 5. The number of likely N-dealkylation sites (N-methyl/N-ethyl adjacent to an activating group) is 1. The lowest BCUT2D eigenvalue weighted by Crippen LogP contribution is -2.54. The Balaban J connectivity index is 1.47. The van der Waals surface area contributed by atoms with Crippen molar-refractivity contribution in [3.05, 3.63) is 24.5 Å². The molecule has 0 aliphatic carbocycles. The van der Waals surface area contributed by atoms with Crippen LogP contribution >= 0.6 is 0 Å². The van der Waals surface area contributed by atoms with E-state index in [9.17, 15) is 4.79 Å². The molecule has 2 fully saturated rings. The van der Waals surface area contributed by atoms with E-state index in [1.807, 2.05) is 18.0 Å². The highest BCUT2D eigenvalue weighted by Gasteiger charge is 2.32. The summed E-state index contributed by atoms with van der Waals surface area (Å²) in [7, 11) is 3.56. The third-order valence-electron chi connectivity index (χ3n) is 5.78. The van der Waals surface area contributed by atoms with Crippen LogP contribution in [-0.4, -0.2) is 78.6 Å². The van der Waals surface area contributed by atoms with Gasteiger partial charge < -0.3 is 14.5 Å². The Bertz CT molecular complexity index is 819. The van der Waals surface area contributed by atoms with Crippen molar-refractivity contribution in [3.63, 3.8) is 0 Å². The standard InChI is InChI=1S/C20H27N5O2/c1-23-8-4-3-5-18(20(23)26)25-11-9-24(10-12-25)15-6-7-17-16(13-15)19(27-2)22-14-21-17/h6-7,13-14,18H,3-5,8-12H2,1-2H3. The van der Waals surface area contributed by atoms with Crippen molar-refractivity contribution < 1.29 is 9.53 Å². The first kappa shape index (κ1) is 18.0. The molecule has 1 aromatic heterocycles. The quantitative estimate of drug-likeness (QED) is 0.822. The molecular formula is C20H27N5O2. The first-order valence-electron chi connectivity index (χ1n) is 9.70. The van der Waals surface area contributed by atoms with Crippen molar-refractivity contribution in [3.8, 4) is 5.88 Å². The maximum Gasteiger partial charge on any atom is 0.239 e. The van der Waals surface area contributed by atoms with Crippen LogP contribution in [0.2, 0.25) is 0 Å². The summed E-state index contributed by atoms with van der Waals surface area (Å²) in [6.07, 6.45) is 4.75. The number of piperazine rings is 1. The van der Waals surface area contributed by atoms with E-state index in [1.165, 1.54) is 6.33 Å². The number of anilines is 1. The largest absolute Gasteiger partial charge is 0.480 e. The molecule has 0 bridgehead atoms. The van der Waals surface area contributed by atoms with Crippen LogP contribution in [0.3, 0.4) is 0 Å². The van der Waals surface area contributed by atoms with Crippen molar-refractivity contribution in [1.29, 1.82) is 0 Å². The maximum atomic E-state index is 12.7. The summed E-state index contributed by atoms with van der Waals surface area (Å²) in [6, 6.07) is 6.28. The molecule has 2 aromatic rings. The number of methoxy groups -OCH3 is 1. The molecule has 0 spiro atoms. The number of ether oxygens (including phenoxy) is 1. The van der Waals surface area contributed by atoms with Crippen LogP contribution in [-0.2, 0) is 4.79 Å². The Morgan fingerprint density at radius 1 is 1.07 bits per heavy atom. The molecule has 27 heavy (non-hydrogen) atoms. The van der Waals surface area contributed by atoms with E-state index in [4.69, 9.17) is 4.74 Å². The second-order valence-corrected chi connectivity index (χ2v) is 7.38. The Hall–Kier alpha value is -2.41. The first-order valence-corrected chi connectivity index (χ1v) is 9.70. The average Bonchev–Trinajstić information content (AvgIpc) is 2.88. The molecule has 7 nitrogen and oxygen atoms in total. The second kappa shape index (κ2) is 7.68. The van der Waals surface area contributed by atoms with E-state index in [1.54, 1.807) is 7.11 Å². The molecule has 0 saturated carbocycles. The molecule has 2 saturated heterocycles. The average molecular weight is 369 g/mol. The number of hydrogen-bond acceptors (Lipinski definition) is 6. The number of carbonyl (C=O) groups is 1. The van der Waals surface area contributed by atoms with Gasteiger partial charge in [0.05, 0.1) is 24.1 Å². The zero-order valence-corrected chi connectivity index (χ0v) is 16.1. The van der Waals surface area contributed by atoms with Gasteiger partial charge in [-0.15, -0.1) is 0 Å². The number of fused-ring (bicyclic) bond motifs is 1. The zero-order chi connectivity index (χ0) is 18.8. The van der Waals surface area contributed by atoms with Gasteiger partial charge in [-0.05, 0) is 37.5 Å².